The van der Waals surface area contributed by atoms with E-state index in [1.54, 1.807) is 17.1 Å². The van der Waals surface area contributed by atoms with Crippen LogP contribution < -0.4 is 11.3 Å². The maximum absolute atomic E-state index is 6.11. The molecule has 2 aromatic heterocycles. The first kappa shape index (κ1) is 13.0. The number of nitrogens with one attached hydrogen (secondary N) is 1. The van der Waals surface area contributed by atoms with Crippen molar-refractivity contribution in [3.8, 4) is 0 Å². The lowest BCUT2D eigenvalue weighted by Gasteiger charge is -2.15. The number of nitrogens with two attached hydrogens (primary N) is 1. The molecule has 0 fully saturated rings. The average molecular weight is 266 g/mol. The van der Waals surface area contributed by atoms with Crippen molar-refractivity contribution < 1.29 is 0 Å². The quantitative estimate of drug-likeness (QED) is 0.650. The van der Waals surface area contributed by atoms with Crippen LogP contribution in [0, 0.1) is 6.92 Å². The first-order valence-corrected chi connectivity index (χ1v) is 6.04. The molecular weight excluding hydrogens is 250 g/mol. The number of hydrazine groups is 1. The van der Waals surface area contributed by atoms with Crippen LogP contribution in [0.15, 0.2) is 24.7 Å². The maximum Gasteiger partial charge on any atom is 0.0642 e. The van der Waals surface area contributed by atoms with Gasteiger partial charge in [0.1, 0.15) is 0 Å². The summed E-state index contributed by atoms with van der Waals surface area (Å²) in [5.41, 5.74) is 5.87. The number of pyridine rings is 1. The van der Waals surface area contributed by atoms with E-state index < -0.39 is 0 Å². The van der Waals surface area contributed by atoms with Gasteiger partial charge in [0.25, 0.3) is 0 Å². The zero-order valence-corrected chi connectivity index (χ0v) is 11.1. The summed E-state index contributed by atoms with van der Waals surface area (Å²) >= 11 is 6.11. The summed E-state index contributed by atoms with van der Waals surface area (Å²) in [5, 5.41) is 4.97. The van der Waals surface area contributed by atoms with E-state index in [0.717, 1.165) is 16.8 Å². The van der Waals surface area contributed by atoms with Crippen LogP contribution in [-0.2, 0) is 13.5 Å². The molecule has 2 aromatic rings. The van der Waals surface area contributed by atoms with Gasteiger partial charge in [0, 0.05) is 31.2 Å². The fourth-order valence-corrected chi connectivity index (χ4v) is 2.20. The molecule has 0 spiro atoms. The average Bonchev–Trinajstić information content (AvgIpc) is 2.67. The molecule has 2 rings (SSSR count). The summed E-state index contributed by atoms with van der Waals surface area (Å²) in [6.07, 6.45) is 6.03. The number of aromatic nitrogens is 3. The summed E-state index contributed by atoms with van der Waals surface area (Å²) in [4.78, 5) is 3.97. The molecule has 0 saturated carbocycles. The van der Waals surface area contributed by atoms with Crippen molar-refractivity contribution in [2.75, 3.05) is 0 Å². The van der Waals surface area contributed by atoms with Crippen LogP contribution in [-0.4, -0.2) is 14.8 Å². The normalized spacial score (nSPS) is 12.7. The van der Waals surface area contributed by atoms with Crippen molar-refractivity contribution in [2.45, 2.75) is 19.4 Å². The number of halogens is 1. The molecule has 0 radical (unpaired) electrons. The largest absolute Gasteiger partial charge is 0.275 e. The first-order chi connectivity index (χ1) is 8.61. The predicted molar refractivity (Wildman–Crippen MR) is 71.0 cm³/mol. The molecule has 2 heterocycles. The van der Waals surface area contributed by atoms with Crippen molar-refractivity contribution in [2.24, 2.45) is 12.9 Å². The molecule has 18 heavy (non-hydrogen) atoms. The Hall–Kier alpha value is -1.43. The van der Waals surface area contributed by atoms with E-state index in [0.29, 0.717) is 11.4 Å². The molecular formula is C12H16ClN5. The molecule has 0 aliphatic rings. The second-order valence-electron chi connectivity index (χ2n) is 4.23. The van der Waals surface area contributed by atoms with E-state index in [1.165, 1.54) is 0 Å². The topological polar surface area (TPSA) is 68.8 Å². The third-order valence-corrected chi connectivity index (χ3v) is 3.25. The predicted octanol–water partition coefficient (Wildman–Crippen LogP) is 1.52. The Bertz CT molecular complexity index is 537. The van der Waals surface area contributed by atoms with E-state index in [9.17, 15) is 0 Å². The standard InChI is InChI=1S/C12H16ClN5/c1-8-10(7-18(2)17-8)12(16-14)5-9-3-4-15-6-11(9)13/h3-4,6-7,12,16H,5,14H2,1-2H3. The molecule has 1 atom stereocenters. The number of hydrogen-bond acceptors (Lipinski definition) is 4. The Morgan fingerprint density at radius 1 is 1.56 bits per heavy atom. The third kappa shape index (κ3) is 2.69. The maximum atomic E-state index is 6.11. The molecule has 0 saturated heterocycles. The van der Waals surface area contributed by atoms with Gasteiger partial charge in [0.05, 0.1) is 16.8 Å². The minimum Gasteiger partial charge on any atom is -0.275 e. The Kier molecular flexibility index (Phi) is 3.96. The van der Waals surface area contributed by atoms with Crippen molar-refractivity contribution in [3.05, 3.63) is 46.5 Å². The smallest absolute Gasteiger partial charge is 0.0642 e. The number of hydrogen-bond donors (Lipinski definition) is 2. The monoisotopic (exact) mass is 265 g/mol. The lowest BCUT2D eigenvalue weighted by Crippen LogP contribution is -2.29. The van der Waals surface area contributed by atoms with E-state index >= 15 is 0 Å². The van der Waals surface area contributed by atoms with E-state index in [1.807, 2.05) is 26.2 Å². The zero-order valence-electron chi connectivity index (χ0n) is 10.4. The highest BCUT2D eigenvalue weighted by atomic mass is 35.5. The SMILES string of the molecule is Cc1nn(C)cc1C(Cc1ccncc1Cl)NN. The molecule has 3 N–H and O–H groups in total. The lowest BCUT2D eigenvalue weighted by molar-refractivity contribution is 0.549. The molecule has 0 amide bonds. The van der Waals surface area contributed by atoms with Crippen LogP contribution in [0.5, 0.6) is 0 Å². The van der Waals surface area contributed by atoms with Gasteiger partial charge in [-0.15, -0.1) is 0 Å². The summed E-state index contributed by atoms with van der Waals surface area (Å²) < 4.78 is 1.78. The minimum atomic E-state index is -0.0152. The van der Waals surface area contributed by atoms with Gasteiger partial charge >= 0.3 is 0 Å². The highest BCUT2D eigenvalue weighted by Crippen LogP contribution is 2.23. The zero-order chi connectivity index (χ0) is 13.1. The summed E-state index contributed by atoms with van der Waals surface area (Å²) in [6, 6.07) is 1.89. The van der Waals surface area contributed by atoms with Crippen LogP contribution in [0.1, 0.15) is 22.9 Å². The Balaban J connectivity index is 2.25. The van der Waals surface area contributed by atoms with Crippen LogP contribution >= 0.6 is 11.6 Å². The van der Waals surface area contributed by atoms with Crippen LogP contribution in [0.4, 0.5) is 0 Å². The summed E-state index contributed by atoms with van der Waals surface area (Å²) in [5.74, 6) is 5.64. The van der Waals surface area contributed by atoms with Gasteiger partial charge in [0.2, 0.25) is 0 Å². The highest BCUT2D eigenvalue weighted by molar-refractivity contribution is 6.31. The van der Waals surface area contributed by atoms with Crippen molar-refractivity contribution >= 4 is 11.6 Å². The summed E-state index contributed by atoms with van der Waals surface area (Å²) in [7, 11) is 1.89. The van der Waals surface area contributed by atoms with Gasteiger partial charge in [-0.3, -0.25) is 20.9 Å². The van der Waals surface area contributed by atoms with Crippen molar-refractivity contribution in [1.29, 1.82) is 0 Å². The van der Waals surface area contributed by atoms with E-state index in [-0.39, 0.29) is 6.04 Å². The lowest BCUT2D eigenvalue weighted by atomic mass is 10.0. The molecule has 1 unspecified atom stereocenters. The molecule has 0 aliphatic heterocycles. The molecule has 0 aromatic carbocycles. The van der Waals surface area contributed by atoms with Gasteiger partial charge in [-0.05, 0) is 25.0 Å². The van der Waals surface area contributed by atoms with Gasteiger partial charge in [-0.2, -0.15) is 5.10 Å². The Morgan fingerprint density at radius 3 is 2.89 bits per heavy atom. The molecule has 0 aliphatic carbocycles. The molecule has 0 bridgehead atoms. The molecule has 96 valence electrons. The summed E-state index contributed by atoms with van der Waals surface area (Å²) in [6.45, 7) is 1.97. The van der Waals surface area contributed by atoms with Crippen molar-refractivity contribution in [1.82, 2.24) is 20.2 Å². The van der Waals surface area contributed by atoms with E-state index in [4.69, 9.17) is 17.4 Å². The highest BCUT2D eigenvalue weighted by Gasteiger charge is 2.16. The first-order valence-electron chi connectivity index (χ1n) is 5.66. The van der Waals surface area contributed by atoms with Crippen LogP contribution in [0.2, 0.25) is 5.02 Å². The van der Waals surface area contributed by atoms with Gasteiger partial charge in [0.15, 0.2) is 0 Å². The number of aryl methyl sites for hydroxylation is 2. The minimum absolute atomic E-state index is 0.0152. The van der Waals surface area contributed by atoms with Gasteiger partial charge in [-0.25, -0.2) is 0 Å². The fourth-order valence-electron chi connectivity index (χ4n) is 2.01. The van der Waals surface area contributed by atoms with E-state index in [2.05, 4.69) is 15.5 Å². The number of rotatable bonds is 4. The number of nitrogens with zero attached hydrogens (tertiary/aromatic N) is 3. The molecule has 5 nitrogen and oxygen atoms in total. The molecule has 6 heteroatoms. The van der Waals surface area contributed by atoms with Crippen LogP contribution in [0.25, 0.3) is 0 Å². The van der Waals surface area contributed by atoms with Crippen molar-refractivity contribution in [3.63, 3.8) is 0 Å². The second-order valence-corrected chi connectivity index (χ2v) is 4.64. The Labute approximate surface area is 111 Å². The van der Waals surface area contributed by atoms with Crippen LogP contribution in [0.3, 0.4) is 0 Å². The van der Waals surface area contributed by atoms with Gasteiger partial charge < -0.3 is 0 Å². The fraction of sp³-hybridized carbons (Fsp3) is 0.333. The van der Waals surface area contributed by atoms with Gasteiger partial charge in [-0.1, -0.05) is 11.6 Å². The second kappa shape index (κ2) is 5.48. The third-order valence-electron chi connectivity index (χ3n) is 2.91. The Morgan fingerprint density at radius 2 is 2.33 bits per heavy atom.